The molecule has 128 valence electrons. The van der Waals surface area contributed by atoms with Crippen LogP contribution in [0.5, 0.6) is 5.75 Å². The minimum Gasteiger partial charge on any atom is -0.494 e. The summed E-state index contributed by atoms with van der Waals surface area (Å²) in [7, 11) is 0. The van der Waals surface area contributed by atoms with E-state index in [0.717, 1.165) is 11.3 Å². The molecule has 1 unspecified atom stereocenters. The molecular formula is C18H21NO5. The second-order valence-electron chi connectivity index (χ2n) is 5.01. The van der Waals surface area contributed by atoms with Crippen molar-refractivity contribution in [3.8, 4) is 5.75 Å². The highest BCUT2D eigenvalue weighted by Gasteiger charge is 2.21. The van der Waals surface area contributed by atoms with Gasteiger partial charge in [-0.2, -0.15) is 0 Å². The van der Waals surface area contributed by atoms with Crippen molar-refractivity contribution < 1.29 is 23.5 Å². The number of hydrogen-bond donors (Lipinski definition) is 1. The maximum atomic E-state index is 12.2. The first kappa shape index (κ1) is 17.6. The maximum Gasteiger partial charge on any atom is 0.308 e. The summed E-state index contributed by atoms with van der Waals surface area (Å²) in [5.74, 6) is 0.155. The monoisotopic (exact) mass is 331 g/mol. The normalized spacial score (nSPS) is 11.6. The number of nitrogens with one attached hydrogen (secondary N) is 1. The summed E-state index contributed by atoms with van der Waals surface area (Å²) in [6, 6.07) is 9.92. The van der Waals surface area contributed by atoms with Crippen molar-refractivity contribution in [2.75, 3.05) is 13.2 Å². The zero-order chi connectivity index (χ0) is 17.4. The summed E-state index contributed by atoms with van der Waals surface area (Å²) < 4.78 is 15.5. The third-order valence-electron chi connectivity index (χ3n) is 3.32. The largest absolute Gasteiger partial charge is 0.494 e. The molecule has 6 heteroatoms. The lowest BCUT2D eigenvalue weighted by atomic mass is 10.0. The van der Waals surface area contributed by atoms with Crippen molar-refractivity contribution in [1.29, 1.82) is 0 Å². The van der Waals surface area contributed by atoms with E-state index in [-0.39, 0.29) is 24.1 Å². The quantitative estimate of drug-likeness (QED) is 0.752. The van der Waals surface area contributed by atoms with Crippen LogP contribution < -0.4 is 10.1 Å². The summed E-state index contributed by atoms with van der Waals surface area (Å²) in [5.41, 5.74) is 0.784. The highest BCUT2D eigenvalue weighted by atomic mass is 16.5. The summed E-state index contributed by atoms with van der Waals surface area (Å²) in [4.78, 5) is 24.1. The molecule has 1 aromatic heterocycles. The first-order valence-corrected chi connectivity index (χ1v) is 7.86. The molecule has 1 atom stereocenters. The predicted molar refractivity (Wildman–Crippen MR) is 87.8 cm³/mol. The number of benzene rings is 1. The number of ether oxygens (including phenoxy) is 2. The summed E-state index contributed by atoms with van der Waals surface area (Å²) in [6.07, 6.45) is 1.46. The van der Waals surface area contributed by atoms with Gasteiger partial charge in [0.05, 0.1) is 31.9 Å². The van der Waals surface area contributed by atoms with E-state index in [9.17, 15) is 9.59 Å². The molecule has 0 radical (unpaired) electrons. The SMILES string of the molecule is CCOC(=O)CC(NC(=O)c1ccco1)c1ccc(OCC)cc1. The number of hydrogen-bond acceptors (Lipinski definition) is 5. The van der Waals surface area contributed by atoms with Crippen LogP contribution in [0.2, 0.25) is 0 Å². The molecular weight excluding hydrogens is 310 g/mol. The van der Waals surface area contributed by atoms with Gasteiger partial charge in [0.15, 0.2) is 5.76 Å². The Morgan fingerprint density at radius 1 is 1.12 bits per heavy atom. The molecule has 0 spiro atoms. The van der Waals surface area contributed by atoms with Gasteiger partial charge >= 0.3 is 5.97 Å². The highest BCUT2D eigenvalue weighted by Crippen LogP contribution is 2.22. The van der Waals surface area contributed by atoms with Gasteiger partial charge in [-0.1, -0.05) is 12.1 Å². The van der Waals surface area contributed by atoms with Gasteiger partial charge in [-0.3, -0.25) is 9.59 Å². The van der Waals surface area contributed by atoms with E-state index in [0.29, 0.717) is 13.2 Å². The Bertz CT molecular complexity index is 649. The van der Waals surface area contributed by atoms with Crippen LogP contribution in [-0.4, -0.2) is 25.1 Å². The molecule has 1 N–H and O–H groups in total. The number of esters is 1. The first-order chi connectivity index (χ1) is 11.6. The van der Waals surface area contributed by atoms with Crippen molar-refractivity contribution in [1.82, 2.24) is 5.32 Å². The van der Waals surface area contributed by atoms with Crippen molar-refractivity contribution in [3.63, 3.8) is 0 Å². The number of rotatable bonds is 8. The minimum absolute atomic E-state index is 0.0360. The molecule has 6 nitrogen and oxygen atoms in total. The number of furan rings is 1. The molecule has 2 rings (SSSR count). The third kappa shape index (κ3) is 4.87. The Balaban J connectivity index is 2.15. The molecule has 1 amide bonds. The van der Waals surface area contributed by atoms with Crippen LogP contribution in [-0.2, 0) is 9.53 Å². The van der Waals surface area contributed by atoms with Crippen LogP contribution in [0.4, 0.5) is 0 Å². The van der Waals surface area contributed by atoms with Crippen LogP contribution in [0.25, 0.3) is 0 Å². The summed E-state index contributed by atoms with van der Waals surface area (Å²) in [5, 5.41) is 2.80. The zero-order valence-corrected chi connectivity index (χ0v) is 13.8. The van der Waals surface area contributed by atoms with E-state index < -0.39 is 6.04 Å². The van der Waals surface area contributed by atoms with Crippen molar-refractivity contribution in [2.24, 2.45) is 0 Å². The van der Waals surface area contributed by atoms with Crippen LogP contribution in [0.15, 0.2) is 47.1 Å². The zero-order valence-electron chi connectivity index (χ0n) is 13.8. The third-order valence-corrected chi connectivity index (χ3v) is 3.32. The molecule has 1 aromatic carbocycles. The predicted octanol–water partition coefficient (Wildman–Crippen LogP) is 3.10. The van der Waals surface area contributed by atoms with Crippen LogP contribution in [0.1, 0.15) is 42.4 Å². The van der Waals surface area contributed by atoms with Gasteiger partial charge < -0.3 is 19.2 Å². The van der Waals surface area contributed by atoms with Gasteiger partial charge in [0.2, 0.25) is 0 Å². The van der Waals surface area contributed by atoms with E-state index in [2.05, 4.69) is 5.32 Å². The molecule has 0 aliphatic carbocycles. The second kappa shape index (κ2) is 8.76. The molecule has 0 fully saturated rings. The molecule has 0 saturated carbocycles. The van der Waals surface area contributed by atoms with Crippen molar-refractivity contribution in [2.45, 2.75) is 26.3 Å². The summed E-state index contributed by atoms with van der Waals surface area (Å²) in [6.45, 7) is 4.51. The van der Waals surface area contributed by atoms with Crippen LogP contribution in [0, 0.1) is 0 Å². The number of carbonyl (C=O) groups is 2. The lowest BCUT2D eigenvalue weighted by Crippen LogP contribution is -2.30. The van der Waals surface area contributed by atoms with Gasteiger partial charge in [-0.05, 0) is 43.7 Å². The smallest absolute Gasteiger partial charge is 0.308 e. The molecule has 0 saturated heterocycles. The Kier molecular flexibility index (Phi) is 6.42. The van der Waals surface area contributed by atoms with Gasteiger partial charge in [-0.25, -0.2) is 0 Å². The van der Waals surface area contributed by atoms with E-state index in [1.165, 1.54) is 6.26 Å². The number of amides is 1. The van der Waals surface area contributed by atoms with Gasteiger partial charge in [0, 0.05) is 0 Å². The molecule has 2 aromatic rings. The Hall–Kier alpha value is -2.76. The average Bonchev–Trinajstić information content (AvgIpc) is 3.10. The van der Waals surface area contributed by atoms with Crippen LogP contribution in [0.3, 0.4) is 0 Å². The van der Waals surface area contributed by atoms with Crippen LogP contribution >= 0.6 is 0 Å². The minimum atomic E-state index is -0.516. The van der Waals surface area contributed by atoms with E-state index in [1.54, 1.807) is 31.2 Å². The van der Waals surface area contributed by atoms with Gasteiger partial charge in [-0.15, -0.1) is 0 Å². The maximum absolute atomic E-state index is 12.2. The lowest BCUT2D eigenvalue weighted by molar-refractivity contribution is -0.143. The van der Waals surface area contributed by atoms with Gasteiger partial charge in [0.25, 0.3) is 5.91 Å². The fourth-order valence-corrected chi connectivity index (χ4v) is 2.24. The van der Waals surface area contributed by atoms with Gasteiger partial charge in [0.1, 0.15) is 5.75 Å². The standard InChI is InChI=1S/C18H21NO5/c1-3-22-14-9-7-13(8-10-14)15(12-17(20)23-4-2)19-18(21)16-6-5-11-24-16/h5-11,15H,3-4,12H2,1-2H3,(H,19,21). The Labute approximate surface area is 140 Å². The van der Waals surface area contributed by atoms with Crippen molar-refractivity contribution in [3.05, 3.63) is 54.0 Å². The molecule has 1 heterocycles. The second-order valence-corrected chi connectivity index (χ2v) is 5.01. The van der Waals surface area contributed by atoms with E-state index in [1.807, 2.05) is 19.1 Å². The summed E-state index contributed by atoms with van der Waals surface area (Å²) >= 11 is 0. The molecule has 0 aliphatic rings. The lowest BCUT2D eigenvalue weighted by Gasteiger charge is -2.18. The first-order valence-electron chi connectivity index (χ1n) is 7.86. The average molecular weight is 331 g/mol. The number of carbonyl (C=O) groups excluding carboxylic acids is 2. The van der Waals surface area contributed by atoms with E-state index >= 15 is 0 Å². The van der Waals surface area contributed by atoms with E-state index in [4.69, 9.17) is 13.9 Å². The Morgan fingerprint density at radius 2 is 1.88 bits per heavy atom. The van der Waals surface area contributed by atoms with Crippen molar-refractivity contribution >= 4 is 11.9 Å². The Morgan fingerprint density at radius 3 is 2.46 bits per heavy atom. The molecule has 0 aliphatic heterocycles. The fourth-order valence-electron chi connectivity index (χ4n) is 2.24. The highest BCUT2D eigenvalue weighted by molar-refractivity contribution is 5.92. The molecule has 24 heavy (non-hydrogen) atoms. The molecule has 0 bridgehead atoms. The topological polar surface area (TPSA) is 77.8 Å². The fraction of sp³-hybridized carbons (Fsp3) is 0.333.